The van der Waals surface area contributed by atoms with Gasteiger partial charge in [-0.1, -0.05) is 60.7 Å². The lowest BCUT2D eigenvalue weighted by Gasteiger charge is -2.32. The van der Waals surface area contributed by atoms with Crippen LogP contribution in [-0.2, 0) is 4.79 Å². The number of amides is 1. The highest BCUT2D eigenvalue weighted by atomic mass is 19.1. The second-order valence-corrected chi connectivity index (χ2v) is 6.56. The lowest BCUT2D eigenvalue weighted by Crippen LogP contribution is -2.39. The Kier molecular flexibility index (Phi) is 5.63. The summed E-state index contributed by atoms with van der Waals surface area (Å²) in [6.07, 6.45) is 2.03. The van der Waals surface area contributed by atoms with Gasteiger partial charge in [-0.15, -0.1) is 0 Å². The van der Waals surface area contributed by atoms with Crippen LogP contribution in [0.4, 0.5) is 4.39 Å². The maximum atomic E-state index is 12.8. The molecular formula is C21H24FNO. The van der Waals surface area contributed by atoms with Gasteiger partial charge >= 0.3 is 0 Å². The van der Waals surface area contributed by atoms with Crippen molar-refractivity contribution < 1.29 is 9.18 Å². The molecule has 0 aromatic heterocycles. The van der Waals surface area contributed by atoms with Crippen molar-refractivity contribution in [2.45, 2.75) is 25.2 Å². The summed E-state index contributed by atoms with van der Waals surface area (Å²) in [6, 6.07) is 20.4. The van der Waals surface area contributed by atoms with Gasteiger partial charge in [0.2, 0.25) is 5.91 Å². The first-order chi connectivity index (χ1) is 11.8. The number of halogens is 1. The Morgan fingerprint density at radius 2 is 1.46 bits per heavy atom. The fraction of sp³-hybridized carbons (Fsp3) is 0.381. The van der Waals surface area contributed by atoms with Gasteiger partial charge in [-0.3, -0.25) is 9.18 Å². The van der Waals surface area contributed by atoms with Crippen molar-refractivity contribution in [3.8, 4) is 0 Å². The van der Waals surface area contributed by atoms with Crippen LogP contribution < -0.4 is 0 Å². The van der Waals surface area contributed by atoms with Crippen molar-refractivity contribution in [2.24, 2.45) is 5.92 Å². The maximum absolute atomic E-state index is 12.8. The van der Waals surface area contributed by atoms with Crippen LogP contribution in [0.5, 0.6) is 0 Å². The van der Waals surface area contributed by atoms with Crippen LogP contribution in [-0.4, -0.2) is 30.6 Å². The highest BCUT2D eigenvalue weighted by molar-refractivity contribution is 5.78. The van der Waals surface area contributed by atoms with Gasteiger partial charge in [-0.05, 0) is 29.9 Å². The van der Waals surface area contributed by atoms with E-state index >= 15 is 0 Å². The Labute approximate surface area is 143 Å². The molecule has 0 unspecified atom stereocenters. The third kappa shape index (κ3) is 4.02. The summed E-state index contributed by atoms with van der Waals surface area (Å²) in [5.41, 5.74) is 2.33. The van der Waals surface area contributed by atoms with Gasteiger partial charge in [0.15, 0.2) is 0 Å². The molecule has 126 valence electrons. The Morgan fingerprint density at radius 1 is 0.958 bits per heavy atom. The van der Waals surface area contributed by atoms with E-state index in [4.69, 9.17) is 0 Å². The Bertz CT molecular complexity index is 596. The molecule has 1 fully saturated rings. The van der Waals surface area contributed by atoms with E-state index < -0.39 is 0 Å². The zero-order valence-electron chi connectivity index (χ0n) is 13.9. The van der Waals surface area contributed by atoms with E-state index in [1.165, 1.54) is 0 Å². The van der Waals surface area contributed by atoms with Crippen LogP contribution >= 0.6 is 0 Å². The van der Waals surface area contributed by atoms with Crippen LogP contribution in [0, 0.1) is 5.92 Å². The summed E-state index contributed by atoms with van der Waals surface area (Å²) in [7, 11) is 0. The van der Waals surface area contributed by atoms with Gasteiger partial charge in [0.05, 0.1) is 6.67 Å². The first-order valence-corrected chi connectivity index (χ1v) is 8.71. The number of rotatable bonds is 5. The predicted molar refractivity (Wildman–Crippen MR) is 94.6 cm³/mol. The predicted octanol–water partition coefficient (Wildman–Crippen LogP) is 4.42. The summed E-state index contributed by atoms with van der Waals surface area (Å²) >= 11 is 0. The molecule has 1 aliphatic rings. The smallest absolute Gasteiger partial charge is 0.223 e. The van der Waals surface area contributed by atoms with Crippen molar-refractivity contribution in [3.63, 3.8) is 0 Å². The Hall–Kier alpha value is -2.16. The number of carbonyl (C=O) groups is 1. The normalized spacial score (nSPS) is 15.7. The van der Waals surface area contributed by atoms with Crippen LogP contribution in [0.1, 0.15) is 36.3 Å². The van der Waals surface area contributed by atoms with Gasteiger partial charge in [-0.2, -0.15) is 0 Å². The lowest BCUT2D eigenvalue weighted by molar-refractivity contribution is -0.132. The number of alkyl halides is 1. The highest BCUT2D eigenvalue weighted by Gasteiger charge is 2.25. The zero-order valence-corrected chi connectivity index (χ0v) is 13.9. The van der Waals surface area contributed by atoms with Crippen molar-refractivity contribution >= 4 is 5.91 Å². The highest BCUT2D eigenvalue weighted by Crippen LogP contribution is 2.29. The number of nitrogens with zero attached hydrogens (tertiary/aromatic N) is 1. The van der Waals surface area contributed by atoms with Crippen LogP contribution in [0.2, 0.25) is 0 Å². The van der Waals surface area contributed by atoms with Gasteiger partial charge in [0.25, 0.3) is 0 Å². The monoisotopic (exact) mass is 325 g/mol. The van der Waals surface area contributed by atoms with E-state index in [2.05, 4.69) is 24.3 Å². The number of hydrogen-bond donors (Lipinski definition) is 0. The van der Waals surface area contributed by atoms with E-state index in [1.54, 1.807) is 0 Å². The van der Waals surface area contributed by atoms with E-state index in [0.29, 0.717) is 19.5 Å². The molecule has 24 heavy (non-hydrogen) atoms. The van der Waals surface area contributed by atoms with Crippen molar-refractivity contribution in [3.05, 3.63) is 71.8 Å². The van der Waals surface area contributed by atoms with Crippen molar-refractivity contribution in [2.75, 3.05) is 19.8 Å². The summed E-state index contributed by atoms with van der Waals surface area (Å²) in [5.74, 6) is 0.372. The van der Waals surface area contributed by atoms with E-state index in [9.17, 15) is 9.18 Å². The molecule has 2 aromatic carbocycles. The molecule has 3 heteroatoms. The number of benzene rings is 2. The number of piperidine rings is 1. The molecule has 1 amide bonds. The standard InChI is InChI=1S/C21H24FNO/c22-16-17-11-13-23(14-12-17)21(24)15-20(18-7-3-1-4-8-18)19-9-5-2-6-10-19/h1-10,17,20H,11-16H2. The minimum Gasteiger partial charge on any atom is -0.343 e. The molecule has 2 aromatic rings. The lowest BCUT2D eigenvalue weighted by atomic mass is 9.87. The SMILES string of the molecule is O=C(CC(c1ccccc1)c1ccccc1)N1CCC(CF)CC1. The van der Waals surface area contributed by atoms with Gasteiger partial charge in [-0.25, -0.2) is 0 Å². The average molecular weight is 325 g/mol. The third-order valence-electron chi connectivity index (χ3n) is 4.97. The second-order valence-electron chi connectivity index (χ2n) is 6.56. The van der Waals surface area contributed by atoms with E-state index in [-0.39, 0.29) is 24.4 Å². The maximum Gasteiger partial charge on any atom is 0.223 e. The first kappa shape index (κ1) is 16.7. The van der Waals surface area contributed by atoms with Crippen LogP contribution in [0.25, 0.3) is 0 Å². The molecule has 0 spiro atoms. The van der Waals surface area contributed by atoms with Crippen molar-refractivity contribution in [1.29, 1.82) is 0 Å². The van der Waals surface area contributed by atoms with Gasteiger partial charge < -0.3 is 4.90 Å². The minimum atomic E-state index is -0.265. The molecule has 0 saturated carbocycles. The first-order valence-electron chi connectivity index (χ1n) is 8.71. The van der Waals surface area contributed by atoms with Crippen LogP contribution in [0.3, 0.4) is 0 Å². The summed E-state index contributed by atoms with van der Waals surface area (Å²) in [4.78, 5) is 14.7. The molecule has 1 saturated heterocycles. The topological polar surface area (TPSA) is 20.3 Å². The summed E-state index contributed by atoms with van der Waals surface area (Å²) in [5, 5.41) is 0. The van der Waals surface area contributed by atoms with E-state index in [1.807, 2.05) is 41.3 Å². The largest absolute Gasteiger partial charge is 0.343 e. The van der Waals surface area contributed by atoms with Gasteiger partial charge in [0, 0.05) is 25.4 Å². The molecule has 0 atom stereocenters. The molecule has 0 bridgehead atoms. The average Bonchev–Trinajstić information content (AvgIpc) is 2.67. The quantitative estimate of drug-likeness (QED) is 0.797. The van der Waals surface area contributed by atoms with Crippen molar-refractivity contribution in [1.82, 2.24) is 4.90 Å². The summed E-state index contributed by atoms with van der Waals surface area (Å²) < 4.78 is 12.8. The molecule has 0 N–H and O–H groups in total. The molecule has 0 aliphatic carbocycles. The summed E-state index contributed by atoms with van der Waals surface area (Å²) in [6.45, 7) is 1.10. The molecule has 3 rings (SSSR count). The number of carbonyl (C=O) groups excluding carboxylic acids is 1. The minimum absolute atomic E-state index is 0.0683. The third-order valence-corrected chi connectivity index (χ3v) is 4.97. The zero-order chi connectivity index (χ0) is 16.8. The van der Waals surface area contributed by atoms with E-state index in [0.717, 1.165) is 24.0 Å². The fourth-order valence-electron chi connectivity index (χ4n) is 3.44. The molecule has 1 heterocycles. The molecule has 2 nitrogen and oxygen atoms in total. The van der Waals surface area contributed by atoms with Gasteiger partial charge in [0.1, 0.15) is 0 Å². The number of likely N-dealkylation sites (tertiary alicyclic amines) is 1. The molecular weight excluding hydrogens is 301 g/mol. The molecule has 0 radical (unpaired) electrons. The Morgan fingerprint density at radius 3 is 1.92 bits per heavy atom. The number of hydrogen-bond acceptors (Lipinski definition) is 1. The van der Waals surface area contributed by atoms with Crippen LogP contribution in [0.15, 0.2) is 60.7 Å². The second kappa shape index (κ2) is 8.09. The fourth-order valence-corrected chi connectivity index (χ4v) is 3.44. The Balaban J connectivity index is 1.74. The molecule has 1 aliphatic heterocycles.